The minimum Gasteiger partial charge on any atom is -0.340 e. The van der Waals surface area contributed by atoms with Gasteiger partial charge in [0.15, 0.2) is 5.65 Å². The maximum absolute atomic E-state index is 4.49. The van der Waals surface area contributed by atoms with Gasteiger partial charge in [-0.05, 0) is 40.5 Å². The van der Waals surface area contributed by atoms with Gasteiger partial charge in [-0.25, -0.2) is 9.97 Å². The summed E-state index contributed by atoms with van der Waals surface area (Å²) >= 11 is 3.35. The highest BCUT2D eigenvalue weighted by molar-refractivity contribution is 9.10. The molecule has 18 heavy (non-hydrogen) atoms. The second kappa shape index (κ2) is 4.53. The molecule has 0 aliphatic rings. The number of halogens is 1. The van der Waals surface area contributed by atoms with E-state index in [4.69, 9.17) is 0 Å². The number of nitrogens with zero attached hydrogens (tertiary/aromatic N) is 2. The molecule has 4 heteroatoms. The molecule has 3 nitrogen and oxygen atoms in total. The van der Waals surface area contributed by atoms with Gasteiger partial charge in [0.25, 0.3) is 0 Å². The molecule has 3 aromatic rings. The zero-order valence-electron chi connectivity index (χ0n) is 9.94. The van der Waals surface area contributed by atoms with E-state index in [1.165, 1.54) is 11.1 Å². The molecule has 1 aromatic carbocycles. The monoisotopic (exact) mass is 301 g/mol. The fourth-order valence-corrected chi connectivity index (χ4v) is 2.20. The van der Waals surface area contributed by atoms with Gasteiger partial charge >= 0.3 is 0 Å². The van der Waals surface area contributed by atoms with E-state index in [1.807, 2.05) is 12.1 Å². The molecule has 2 aromatic heterocycles. The van der Waals surface area contributed by atoms with Crippen LogP contribution in [0.2, 0.25) is 0 Å². The lowest BCUT2D eigenvalue weighted by molar-refractivity contribution is 1.03. The van der Waals surface area contributed by atoms with Crippen molar-refractivity contribution in [2.45, 2.75) is 13.3 Å². The number of benzene rings is 1. The Morgan fingerprint density at radius 1 is 1.06 bits per heavy atom. The van der Waals surface area contributed by atoms with Gasteiger partial charge in [-0.15, -0.1) is 0 Å². The summed E-state index contributed by atoms with van der Waals surface area (Å²) in [5.41, 5.74) is 4.25. The maximum Gasteiger partial charge on any atom is 0.178 e. The first-order valence-electron chi connectivity index (χ1n) is 5.77. The van der Waals surface area contributed by atoms with Crippen molar-refractivity contribution in [3.8, 4) is 0 Å². The zero-order valence-corrected chi connectivity index (χ0v) is 11.5. The van der Waals surface area contributed by atoms with Gasteiger partial charge in [-0.2, -0.15) is 0 Å². The van der Waals surface area contributed by atoms with E-state index >= 15 is 0 Å². The average molecular weight is 302 g/mol. The first kappa shape index (κ1) is 11.4. The number of nitrogens with one attached hydrogen (secondary N) is 1. The summed E-state index contributed by atoms with van der Waals surface area (Å²) in [4.78, 5) is 12.1. The predicted molar refractivity (Wildman–Crippen MR) is 75.6 cm³/mol. The number of rotatable bonds is 2. The highest BCUT2D eigenvalue weighted by atomic mass is 79.9. The second-order valence-electron chi connectivity index (χ2n) is 4.35. The van der Waals surface area contributed by atoms with E-state index in [2.05, 4.69) is 62.1 Å². The lowest BCUT2D eigenvalue weighted by Crippen LogP contribution is -1.90. The van der Waals surface area contributed by atoms with Gasteiger partial charge in [-0.3, -0.25) is 0 Å². The number of hydrogen-bond acceptors (Lipinski definition) is 2. The highest BCUT2D eigenvalue weighted by Crippen LogP contribution is 2.15. The van der Waals surface area contributed by atoms with E-state index in [0.29, 0.717) is 0 Å². The number of hydrogen-bond donors (Lipinski definition) is 1. The first-order valence-corrected chi connectivity index (χ1v) is 6.57. The summed E-state index contributed by atoms with van der Waals surface area (Å²) in [7, 11) is 0. The van der Waals surface area contributed by atoms with E-state index in [0.717, 1.165) is 28.0 Å². The number of aryl methyl sites for hydroxylation is 1. The Bertz CT molecular complexity index is 686. The van der Waals surface area contributed by atoms with Crippen LogP contribution in [0.4, 0.5) is 0 Å². The molecule has 0 amide bonds. The smallest absolute Gasteiger partial charge is 0.178 e. The molecular weight excluding hydrogens is 290 g/mol. The molecule has 0 radical (unpaired) electrons. The van der Waals surface area contributed by atoms with Crippen LogP contribution in [0.15, 0.2) is 41.0 Å². The zero-order chi connectivity index (χ0) is 12.5. The van der Waals surface area contributed by atoms with Crippen LogP contribution in [-0.4, -0.2) is 15.0 Å². The van der Waals surface area contributed by atoms with E-state index in [9.17, 15) is 0 Å². The van der Waals surface area contributed by atoms with Crippen molar-refractivity contribution in [1.29, 1.82) is 0 Å². The third-order valence-corrected chi connectivity index (χ3v) is 3.29. The van der Waals surface area contributed by atoms with E-state index in [-0.39, 0.29) is 0 Å². The molecule has 0 bridgehead atoms. The van der Waals surface area contributed by atoms with Crippen LogP contribution in [-0.2, 0) is 6.42 Å². The minimum atomic E-state index is 0.756. The number of H-pyrrole nitrogens is 1. The van der Waals surface area contributed by atoms with Crippen molar-refractivity contribution >= 4 is 27.1 Å². The Balaban J connectivity index is 1.92. The van der Waals surface area contributed by atoms with Gasteiger partial charge in [0, 0.05) is 6.42 Å². The molecule has 0 aliphatic heterocycles. The quantitative estimate of drug-likeness (QED) is 0.735. The van der Waals surface area contributed by atoms with E-state index < -0.39 is 0 Å². The highest BCUT2D eigenvalue weighted by Gasteiger charge is 2.05. The number of pyridine rings is 1. The average Bonchev–Trinajstić information content (AvgIpc) is 2.73. The fraction of sp³-hybridized carbons (Fsp3) is 0.143. The Morgan fingerprint density at radius 3 is 2.61 bits per heavy atom. The summed E-state index contributed by atoms with van der Waals surface area (Å²) in [5.74, 6) is 0.944. The first-order chi connectivity index (χ1) is 8.70. The number of imidazole rings is 1. The van der Waals surface area contributed by atoms with Crippen LogP contribution in [0.3, 0.4) is 0 Å². The predicted octanol–water partition coefficient (Wildman–Crippen LogP) is 3.62. The van der Waals surface area contributed by atoms with Crippen molar-refractivity contribution in [3.63, 3.8) is 0 Å². The van der Waals surface area contributed by atoms with Gasteiger partial charge in [0.05, 0.1) is 5.52 Å². The second-order valence-corrected chi connectivity index (χ2v) is 5.16. The lowest BCUT2D eigenvalue weighted by atomic mass is 10.1. The summed E-state index contributed by atoms with van der Waals surface area (Å²) in [6.07, 6.45) is 0.800. The number of aromatic amines is 1. The lowest BCUT2D eigenvalue weighted by Gasteiger charge is -1.98. The van der Waals surface area contributed by atoms with Crippen molar-refractivity contribution < 1.29 is 0 Å². The molecule has 0 spiro atoms. The Morgan fingerprint density at radius 2 is 1.83 bits per heavy atom. The van der Waals surface area contributed by atoms with Crippen LogP contribution in [0.1, 0.15) is 17.0 Å². The minimum absolute atomic E-state index is 0.756. The topological polar surface area (TPSA) is 41.6 Å². The Kier molecular flexibility index (Phi) is 2.88. The molecule has 3 rings (SSSR count). The van der Waals surface area contributed by atoms with Crippen molar-refractivity contribution in [1.82, 2.24) is 15.0 Å². The summed E-state index contributed by atoms with van der Waals surface area (Å²) in [5, 5.41) is 0. The Hall–Kier alpha value is -1.68. The largest absolute Gasteiger partial charge is 0.340 e. The molecule has 90 valence electrons. The van der Waals surface area contributed by atoms with Crippen molar-refractivity contribution in [3.05, 3.63) is 58.0 Å². The van der Waals surface area contributed by atoms with Crippen LogP contribution in [0.5, 0.6) is 0 Å². The van der Waals surface area contributed by atoms with Gasteiger partial charge in [0.1, 0.15) is 10.4 Å². The molecular formula is C14H12BrN3. The third kappa shape index (κ3) is 2.29. The molecule has 0 aliphatic carbocycles. The molecule has 0 saturated heterocycles. The SMILES string of the molecule is Cc1ccc(Cc2nc3nc(Br)ccc3[nH]2)cc1. The normalized spacial score (nSPS) is 11.0. The van der Waals surface area contributed by atoms with Crippen molar-refractivity contribution in [2.24, 2.45) is 0 Å². The molecule has 2 heterocycles. The van der Waals surface area contributed by atoms with Crippen LogP contribution in [0, 0.1) is 6.92 Å². The van der Waals surface area contributed by atoms with E-state index in [1.54, 1.807) is 0 Å². The molecule has 0 atom stereocenters. The Labute approximate surface area is 113 Å². The number of aromatic nitrogens is 3. The van der Waals surface area contributed by atoms with Crippen molar-refractivity contribution in [2.75, 3.05) is 0 Å². The summed E-state index contributed by atoms with van der Waals surface area (Å²) < 4.78 is 0.809. The van der Waals surface area contributed by atoms with Crippen LogP contribution >= 0.6 is 15.9 Å². The van der Waals surface area contributed by atoms with Crippen LogP contribution in [0.25, 0.3) is 11.2 Å². The van der Waals surface area contributed by atoms with Gasteiger partial charge in [-0.1, -0.05) is 29.8 Å². The fourth-order valence-electron chi connectivity index (χ4n) is 1.90. The molecule has 0 fully saturated rings. The summed E-state index contributed by atoms with van der Waals surface area (Å²) in [6, 6.07) is 12.4. The standard InChI is InChI=1S/C14H12BrN3/c1-9-2-4-10(5-3-9)8-13-16-11-6-7-12(15)17-14(11)18-13/h2-7H,8H2,1H3,(H,16,17,18). The maximum atomic E-state index is 4.49. The molecule has 0 saturated carbocycles. The number of fused-ring (bicyclic) bond motifs is 1. The third-order valence-electron chi connectivity index (χ3n) is 2.85. The molecule has 0 unspecified atom stereocenters. The van der Waals surface area contributed by atoms with Crippen LogP contribution < -0.4 is 0 Å². The molecule has 1 N–H and O–H groups in total. The summed E-state index contributed by atoms with van der Waals surface area (Å²) in [6.45, 7) is 2.09. The van der Waals surface area contributed by atoms with Gasteiger partial charge in [0.2, 0.25) is 0 Å². The van der Waals surface area contributed by atoms with Gasteiger partial charge < -0.3 is 4.98 Å².